The summed E-state index contributed by atoms with van der Waals surface area (Å²) in [5.41, 5.74) is -0.494. The minimum absolute atomic E-state index is 0.0452. The van der Waals surface area contributed by atoms with E-state index in [1.54, 1.807) is 20.8 Å². The van der Waals surface area contributed by atoms with Crippen molar-refractivity contribution < 1.29 is 24.5 Å². The molecule has 0 saturated carbocycles. The number of nitrogens with one attached hydrogen (secondary N) is 1. The smallest absolute Gasteiger partial charge is 0.407 e. The molecule has 0 bridgehead atoms. The van der Waals surface area contributed by atoms with Gasteiger partial charge in [-0.2, -0.15) is 4.98 Å². The highest BCUT2D eigenvalue weighted by molar-refractivity contribution is 6.28. The van der Waals surface area contributed by atoms with Crippen LogP contribution in [-0.2, 0) is 4.74 Å². The van der Waals surface area contributed by atoms with Gasteiger partial charge in [-0.05, 0) is 32.4 Å². The van der Waals surface area contributed by atoms with Gasteiger partial charge >= 0.3 is 6.09 Å². The maximum Gasteiger partial charge on any atom is 0.407 e. The Morgan fingerprint density at radius 2 is 2.09 bits per heavy atom. The lowest BCUT2D eigenvalue weighted by Gasteiger charge is -2.22. The van der Waals surface area contributed by atoms with Gasteiger partial charge in [0.2, 0.25) is 11.2 Å². The Kier molecular flexibility index (Phi) is 6.34. The second kappa shape index (κ2) is 7.57. The third kappa shape index (κ3) is 5.63. The molecule has 1 aromatic heterocycles. The third-order valence-electron chi connectivity index (χ3n) is 2.48. The zero-order valence-electron chi connectivity index (χ0n) is 12.8. The van der Waals surface area contributed by atoms with Gasteiger partial charge in [0.05, 0.1) is 12.7 Å². The Bertz CT molecular complexity index is 521. The van der Waals surface area contributed by atoms with Crippen molar-refractivity contribution in [1.29, 1.82) is 0 Å². The Labute approximate surface area is 133 Å². The number of methoxy groups -OCH3 is 1. The number of nitrogens with zero attached hydrogens (tertiary/aromatic N) is 2. The molecule has 0 aliphatic heterocycles. The summed E-state index contributed by atoms with van der Waals surface area (Å²) in [6.07, 6.45) is -2.11. The molecule has 0 aliphatic carbocycles. The lowest BCUT2D eigenvalue weighted by molar-refractivity contribution is 0.0114. The molecule has 0 spiro atoms. The number of hydrogen-bond donors (Lipinski definition) is 3. The van der Waals surface area contributed by atoms with Crippen LogP contribution in [-0.4, -0.2) is 51.6 Å². The first-order chi connectivity index (χ1) is 10.1. The number of amides is 1. The standard InChI is InChI=1S/C13H20ClN3O5/c1-13(2,3)22-12(20)16-6-8(18)9(19)7-5-15-11(14)17-10(7)21-4/h5,8-9,18-19H,6H2,1-4H3,(H,16,20). The predicted molar refractivity (Wildman–Crippen MR) is 78.8 cm³/mol. The molecule has 0 fully saturated rings. The molecule has 0 radical (unpaired) electrons. The fraction of sp³-hybridized carbons (Fsp3) is 0.615. The first-order valence-electron chi connectivity index (χ1n) is 6.53. The molecule has 22 heavy (non-hydrogen) atoms. The molecule has 0 aliphatic rings. The van der Waals surface area contributed by atoms with Crippen LogP contribution in [0.2, 0.25) is 5.28 Å². The van der Waals surface area contributed by atoms with Crippen LogP contribution in [0.1, 0.15) is 32.4 Å². The van der Waals surface area contributed by atoms with Gasteiger partial charge in [-0.25, -0.2) is 9.78 Å². The minimum Gasteiger partial charge on any atom is -0.481 e. The van der Waals surface area contributed by atoms with Crippen LogP contribution >= 0.6 is 11.6 Å². The summed E-state index contributed by atoms with van der Waals surface area (Å²) in [4.78, 5) is 19.0. The van der Waals surface area contributed by atoms with E-state index in [2.05, 4.69) is 15.3 Å². The zero-order valence-corrected chi connectivity index (χ0v) is 13.6. The molecule has 9 heteroatoms. The summed E-state index contributed by atoms with van der Waals surface area (Å²) in [7, 11) is 1.35. The molecule has 2 unspecified atom stereocenters. The van der Waals surface area contributed by atoms with Gasteiger partial charge in [-0.3, -0.25) is 0 Å². The van der Waals surface area contributed by atoms with Crippen molar-refractivity contribution in [2.24, 2.45) is 0 Å². The topological polar surface area (TPSA) is 114 Å². The number of carbonyl (C=O) groups is 1. The highest BCUT2D eigenvalue weighted by Crippen LogP contribution is 2.25. The normalized spacial score (nSPS) is 14.1. The molecule has 0 aromatic carbocycles. The largest absolute Gasteiger partial charge is 0.481 e. The van der Waals surface area contributed by atoms with Crippen LogP contribution < -0.4 is 10.1 Å². The quantitative estimate of drug-likeness (QED) is 0.690. The van der Waals surface area contributed by atoms with E-state index in [0.29, 0.717) is 0 Å². The molecule has 1 heterocycles. The van der Waals surface area contributed by atoms with Crippen LogP contribution in [0.4, 0.5) is 4.79 Å². The average Bonchev–Trinajstić information content (AvgIpc) is 2.42. The lowest BCUT2D eigenvalue weighted by atomic mass is 10.1. The first-order valence-corrected chi connectivity index (χ1v) is 6.91. The van der Waals surface area contributed by atoms with E-state index in [1.165, 1.54) is 13.3 Å². The van der Waals surface area contributed by atoms with E-state index >= 15 is 0 Å². The Hall–Kier alpha value is -1.64. The van der Waals surface area contributed by atoms with Crippen LogP contribution in [0.5, 0.6) is 5.88 Å². The van der Waals surface area contributed by atoms with Crippen molar-refractivity contribution in [3.8, 4) is 5.88 Å². The molecule has 3 N–H and O–H groups in total. The number of ether oxygens (including phenoxy) is 2. The van der Waals surface area contributed by atoms with Gasteiger partial charge in [-0.1, -0.05) is 0 Å². The molecule has 0 saturated heterocycles. The van der Waals surface area contributed by atoms with Gasteiger partial charge < -0.3 is 25.0 Å². The number of hydrogen-bond acceptors (Lipinski definition) is 7. The molecule has 1 aromatic rings. The Morgan fingerprint density at radius 1 is 1.45 bits per heavy atom. The highest BCUT2D eigenvalue weighted by Gasteiger charge is 2.25. The predicted octanol–water partition coefficient (Wildman–Crippen LogP) is 1.06. The average molecular weight is 334 g/mol. The van der Waals surface area contributed by atoms with E-state index < -0.39 is 23.9 Å². The second-order valence-corrected chi connectivity index (χ2v) is 5.84. The summed E-state index contributed by atoms with van der Waals surface area (Å²) in [6, 6.07) is 0. The number of halogens is 1. The SMILES string of the molecule is COc1nc(Cl)ncc1C(O)C(O)CNC(=O)OC(C)(C)C. The van der Waals surface area contributed by atoms with Gasteiger partial charge in [0.25, 0.3) is 0 Å². The van der Waals surface area contributed by atoms with E-state index in [0.717, 1.165) is 0 Å². The van der Waals surface area contributed by atoms with Gasteiger partial charge in [0, 0.05) is 12.7 Å². The highest BCUT2D eigenvalue weighted by atomic mass is 35.5. The van der Waals surface area contributed by atoms with Crippen molar-refractivity contribution in [1.82, 2.24) is 15.3 Å². The van der Waals surface area contributed by atoms with Crippen LogP contribution in [0.15, 0.2) is 6.20 Å². The number of carbonyl (C=O) groups excluding carboxylic acids is 1. The van der Waals surface area contributed by atoms with Crippen LogP contribution in [0.25, 0.3) is 0 Å². The maximum atomic E-state index is 11.5. The van der Waals surface area contributed by atoms with Crippen molar-refractivity contribution in [2.45, 2.75) is 38.6 Å². The van der Waals surface area contributed by atoms with Crippen molar-refractivity contribution in [2.75, 3.05) is 13.7 Å². The molecule has 1 rings (SSSR count). The maximum absolute atomic E-state index is 11.5. The second-order valence-electron chi connectivity index (χ2n) is 5.50. The van der Waals surface area contributed by atoms with Gasteiger partial charge in [0.1, 0.15) is 17.8 Å². The molecule has 2 atom stereocenters. The summed E-state index contributed by atoms with van der Waals surface area (Å²) in [6.45, 7) is 4.93. The summed E-state index contributed by atoms with van der Waals surface area (Å²) in [5.74, 6) is 0.0452. The lowest BCUT2D eigenvalue weighted by Crippen LogP contribution is -2.39. The number of alkyl carbamates (subject to hydrolysis) is 1. The summed E-state index contributed by atoms with van der Waals surface area (Å²) >= 11 is 5.62. The fourth-order valence-electron chi connectivity index (χ4n) is 1.54. The zero-order chi connectivity index (χ0) is 16.9. The Balaban J connectivity index is 2.66. The number of aliphatic hydroxyl groups excluding tert-OH is 2. The van der Waals surface area contributed by atoms with E-state index in [4.69, 9.17) is 21.1 Å². The van der Waals surface area contributed by atoms with Crippen molar-refractivity contribution >= 4 is 17.7 Å². The molecular weight excluding hydrogens is 314 g/mol. The van der Waals surface area contributed by atoms with Crippen LogP contribution in [0, 0.1) is 0 Å². The molecule has 124 valence electrons. The molecule has 8 nitrogen and oxygen atoms in total. The number of aromatic nitrogens is 2. The number of aliphatic hydroxyl groups is 2. The van der Waals surface area contributed by atoms with E-state index in [1.807, 2.05) is 0 Å². The van der Waals surface area contributed by atoms with Crippen molar-refractivity contribution in [3.05, 3.63) is 17.0 Å². The summed E-state index contributed by atoms with van der Waals surface area (Å²) in [5, 5.41) is 22.3. The monoisotopic (exact) mass is 333 g/mol. The number of rotatable bonds is 5. The minimum atomic E-state index is -1.36. The van der Waals surface area contributed by atoms with Crippen molar-refractivity contribution in [3.63, 3.8) is 0 Å². The fourth-order valence-corrected chi connectivity index (χ4v) is 1.67. The summed E-state index contributed by atoms with van der Waals surface area (Å²) < 4.78 is 9.99. The van der Waals surface area contributed by atoms with Gasteiger partial charge in [0.15, 0.2) is 0 Å². The molecular formula is C13H20ClN3O5. The first kappa shape index (κ1) is 18.4. The Morgan fingerprint density at radius 3 is 2.64 bits per heavy atom. The third-order valence-corrected chi connectivity index (χ3v) is 2.66. The van der Waals surface area contributed by atoms with E-state index in [9.17, 15) is 15.0 Å². The van der Waals surface area contributed by atoms with Gasteiger partial charge in [-0.15, -0.1) is 0 Å². The van der Waals surface area contributed by atoms with E-state index in [-0.39, 0.29) is 23.3 Å². The van der Waals surface area contributed by atoms with Crippen LogP contribution in [0.3, 0.4) is 0 Å². The molecule has 1 amide bonds.